The molecule has 156 valence electrons. The summed E-state index contributed by atoms with van der Waals surface area (Å²) in [6.45, 7) is 24.8. The molecule has 0 saturated carbocycles. The van der Waals surface area contributed by atoms with Gasteiger partial charge in [0.1, 0.15) is 5.75 Å². The van der Waals surface area contributed by atoms with Crippen molar-refractivity contribution < 1.29 is 9.47 Å². The predicted molar refractivity (Wildman–Crippen MR) is 117 cm³/mol. The third kappa shape index (κ3) is 7.86. The van der Waals surface area contributed by atoms with Crippen molar-refractivity contribution in [2.45, 2.75) is 107 Å². The van der Waals surface area contributed by atoms with Gasteiger partial charge in [-0.05, 0) is 53.7 Å². The van der Waals surface area contributed by atoms with E-state index in [0.717, 1.165) is 18.6 Å². The summed E-state index contributed by atoms with van der Waals surface area (Å²) in [5.41, 5.74) is 1.99. The number of benzene rings is 1. The summed E-state index contributed by atoms with van der Waals surface area (Å²) < 4.78 is 12.2. The first kappa shape index (κ1) is 24.0. The molecule has 1 aromatic carbocycles. The highest BCUT2D eigenvalue weighted by Crippen LogP contribution is 2.49. The van der Waals surface area contributed by atoms with Crippen LogP contribution in [0.25, 0.3) is 0 Å². The second kappa shape index (κ2) is 8.99. The lowest BCUT2D eigenvalue weighted by molar-refractivity contribution is -0.124. The predicted octanol–water partition coefficient (Wildman–Crippen LogP) is 7.82. The van der Waals surface area contributed by atoms with E-state index in [0.29, 0.717) is 5.92 Å². The van der Waals surface area contributed by atoms with Crippen molar-refractivity contribution >= 4 is 0 Å². The quantitative estimate of drug-likeness (QED) is 0.430. The van der Waals surface area contributed by atoms with E-state index in [1.54, 1.807) is 0 Å². The Morgan fingerprint density at radius 3 is 1.74 bits per heavy atom. The van der Waals surface area contributed by atoms with Gasteiger partial charge in [-0.25, -0.2) is 0 Å². The van der Waals surface area contributed by atoms with Crippen LogP contribution in [0.15, 0.2) is 24.3 Å². The smallest absolute Gasteiger partial charge is 0.200 e. The Bertz CT molecular complexity index is 555. The van der Waals surface area contributed by atoms with Gasteiger partial charge < -0.3 is 9.47 Å². The van der Waals surface area contributed by atoms with Crippen molar-refractivity contribution in [1.29, 1.82) is 0 Å². The average molecular weight is 377 g/mol. The summed E-state index contributed by atoms with van der Waals surface area (Å²) in [5, 5.41) is 0. The minimum atomic E-state index is -0.221. The van der Waals surface area contributed by atoms with E-state index in [4.69, 9.17) is 9.47 Å². The summed E-state index contributed by atoms with van der Waals surface area (Å²) in [6.07, 6.45) is 1.94. The van der Waals surface area contributed by atoms with Gasteiger partial charge in [0.2, 0.25) is 6.29 Å². The molecular weight excluding hydrogens is 332 g/mol. The van der Waals surface area contributed by atoms with Crippen LogP contribution in [0.1, 0.15) is 100 Å². The van der Waals surface area contributed by atoms with Crippen molar-refractivity contribution in [3.05, 3.63) is 29.8 Å². The van der Waals surface area contributed by atoms with Crippen molar-refractivity contribution in [2.24, 2.45) is 16.2 Å². The molecule has 2 atom stereocenters. The fraction of sp³-hybridized carbons (Fsp3) is 0.760. The van der Waals surface area contributed by atoms with Gasteiger partial charge in [-0.2, -0.15) is 0 Å². The molecule has 2 nitrogen and oxygen atoms in total. The van der Waals surface area contributed by atoms with Crippen LogP contribution >= 0.6 is 0 Å². The van der Waals surface area contributed by atoms with Crippen LogP contribution in [0.3, 0.4) is 0 Å². The number of rotatable bonds is 8. The highest BCUT2D eigenvalue weighted by Gasteiger charge is 2.37. The molecule has 0 saturated heterocycles. The first-order valence-electron chi connectivity index (χ1n) is 10.6. The lowest BCUT2D eigenvalue weighted by Gasteiger charge is -2.43. The van der Waals surface area contributed by atoms with E-state index in [1.807, 2.05) is 0 Å². The summed E-state index contributed by atoms with van der Waals surface area (Å²) in [4.78, 5) is 0. The van der Waals surface area contributed by atoms with Crippen molar-refractivity contribution in [3.8, 4) is 5.75 Å². The van der Waals surface area contributed by atoms with Gasteiger partial charge in [0.15, 0.2) is 0 Å². The molecule has 0 aliphatic heterocycles. The highest BCUT2D eigenvalue weighted by atomic mass is 16.7. The molecule has 0 bridgehead atoms. The van der Waals surface area contributed by atoms with E-state index < -0.39 is 0 Å². The van der Waals surface area contributed by atoms with Gasteiger partial charge in [-0.15, -0.1) is 0 Å². The molecule has 0 radical (unpaired) electrons. The molecule has 0 fully saturated rings. The molecule has 0 aliphatic rings. The SMILES string of the molecule is CCC(C)(C)C(c1ccc(OC(CC(C)(C)C)OC(C)C)cc1)C(C)(C)C. The number of hydrogen-bond acceptors (Lipinski definition) is 2. The van der Waals surface area contributed by atoms with E-state index >= 15 is 0 Å². The normalized spacial score (nSPS) is 15.7. The van der Waals surface area contributed by atoms with Gasteiger partial charge in [-0.1, -0.05) is 80.9 Å². The Morgan fingerprint density at radius 1 is 0.852 bits per heavy atom. The Morgan fingerprint density at radius 2 is 1.37 bits per heavy atom. The number of ether oxygens (including phenoxy) is 2. The van der Waals surface area contributed by atoms with Crippen LogP contribution in [0.5, 0.6) is 5.75 Å². The first-order valence-corrected chi connectivity index (χ1v) is 10.6. The Hall–Kier alpha value is -1.02. The van der Waals surface area contributed by atoms with E-state index in [-0.39, 0.29) is 28.6 Å². The second-order valence-corrected chi connectivity index (χ2v) is 11.2. The highest BCUT2D eigenvalue weighted by molar-refractivity contribution is 5.31. The van der Waals surface area contributed by atoms with Crippen LogP contribution in [0.2, 0.25) is 0 Å². The summed E-state index contributed by atoms with van der Waals surface area (Å²) >= 11 is 0. The van der Waals surface area contributed by atoms with Gasteiger partial charge >= 0.3 is 0 Å². The van der Waals surface area contributed by atoms with Crippen LogP contribution < -0.4 is 4.74 Å². The van der Waals surface area contributed by atoms with E-state index in [9.17, 15) is 0 Å². The maximum absolute atomic E-state index is 6.21. The minimum absolute atomic E-state index is 0.146. The minimum Gasteiger partial charge on any atom is -0.465 e. The van der Waals surface area contributed by atoms with Crippen LogP contribution in [-0.2, 0) is 4.74 Å². The van der Waals surface area contributed by atoms with Gasteiger partial charge in [0.05, 0.1) is 6.10 Å². The van der Waals surface area contributed by atoms with Crippen LogP contribution in [0, 0.1) is 16.2 Å². The lowest BCUT2D eigenvalue weighted by atomic mass is 9.62. The third-order valence-corrected chi connectivity index (χ3v) is 5.24. The van der Waals surface area contributed by atoms with Gasteiger partial charge in [0, 0.05) is 6.42 Å². The topological polar surface area (TPSA) is 18.5 Å². The van der Waals surface area contributed by atoms with Crippen molar-refractivity contribution in [1.82, 2.24) is 0 Å². The molecule has 1 aromatic rings. The zero-order valence-electron chi connectivity index (χ0n) is 19.8. The monoisotopic (exact) mass is 376 g/mol. The summed E-state index contributed by atoms with van der Waals surface area (Å²) in [7, 11) is 0. The average Bonchev–Trinajstić information content (AvgIpc) is 2.45. The fourth-order valence-corrected chi connectivity index (χ4v) is 4.14. The van der Waals surface area contributed by atoms with Crippen molar-refractivity contribution in [2.75, 3.05) is 0 Å². The lowest BCUT2D eigenvalue weighted by Crippen LogP contribution is -2.32. The first-order chi connectivity index (χ1) is 12.2. The Labute approximate surface area is 169 Å². The third-order valence-electron chi connectivity index (χ3n) is 5.24. The molecule has 0 amide bonds. The summed E-state index contributed by atoms with van der Waals surface area (Å²) in [5.74, 6) is 1.37. The molecule has 2 unspecified atom stereocenters. The molecule has 0 spiro atoms. The number of hydrogen-bond donors (Lipinski definition) is 0. The molecule has 0 aromatic heterocycles. The molecule has 0 aliphatic carbocycles. The zero-order valence-corrected chi connectivity index (χ0v) is 19.8. The standard InChI is InChI=1S/C25H44O2/c1-12-25(10,11)22(24(7,8)9)19-13-15-20(16-14-19)27-21(26-18(2)3)17-23(4,5)6/h13-16,18,21-22H,12,17H2,1-11H3. The van der Waals surface area contributed by atoms with E-state index in [2.05, 4.69) is 100 Å². The molecule has 0 N–H and O–H groups in total. The maximum atomic E-state index is 6.21. The molecule has 27 heavy (non-hydrogen) atoms. The molecule has 1 rings (SSSR count). The zero-order chi connectivity index (χ0) is 21.0. The molecule has 2 heteroatoms. The second-order valence-electron chi connectivity index (χ2n) is 11.2. The van der Waals surface area contributed by atoms with Gasteiger partial charge in [0.25, 0.3) is 0 Å². The Balaban J connectivity index is 3.04. The maximum Gasteiger partial charge on any atom is 0.200 e. The fourth-order valence-electron chi connectivity index (χ4n) is 4.14. The van der Waals surface area contributed by atoms with Crippen molar-refractivity contribution in [3.63, 3.8) is 0 Å². The summed E-state index contributed by atoms with van der Waals surface area (Å²) in [6, 6.07) is 8.71. The Kier molecular flexibility index (Phi) is 7.99. The van der Waals surface area contributed by atoms with Crippen LogP contribution in [0.4, 0.5) is 0 Å². The largest absolute Gasteiger partial charge is 0.465 e. The van der Waals surface area contributed by atoms with Gasteiger partial charge in [-0.3, -0.25) is 0 Å². The van der Waals surface area contributed by atoms with Crippen LogP contribution in [-0.4, -0.2) is 12.4 Å². The molecule has 0 heterocycles. The van der Waals surface area contributed by atoms with E-state index in [1.165, 1.54) is 5.56 Å². The molecular formula is C25H44O2.